The van der Waals surface area contributed by atoms with Crippen LogP contribution in [-0.2, 0) is 6.42 Å². The Labute approximate surface area is 112 Å². The molecule has 0 aliphatic rings. The zero-order chi connectivity index (χ0) is 12.9. The molecule has 3 rings (SSSR count). The van der Waals surface area contributed by atoms with Crippen LogP contribution in [0.25, 0.3) is 10.9 Å². The third kappa shape index (κ3) is 2.91. The lowest BCUT2D eigenvalue weighted by Crippen LogP contribution is -2.01. The predicted octanol–water partition coefficient (Wildman–Crippen LogP) is 3.86. The highest BCUT2D eigenvalue weighted by atomic mass is 16.5. The van der Waals surface area contributed by atoms with E-state index in [2.05, 4.69) is 29.2 Å². The maximum atomic E-state index is 5.79. The van der Waals surface area contributed by atoms with Crippen molar-refractivity contribution in [2.45, 2.75) is 6.42 Å². The molecule has 0 bridgehead atoms. The average molecular weight is 249 g/mol. The standard InChI is InChI=1S/C17H15NO/c1-2-5-14(6-3-1)10-12-19-16-8-9-17-15(13-16)7-4-11-18-17/h1-9,11,13H,10,12H2. The molecule has 0 amide bonds. The molecule has 1 aromatic heterocycles. The number of nitrogens with zero attached hydrogens (tertiary/aromatic N) is 1. The summed E-state index contributed by atoms with van der Waals surface area (Å²) in [6.07, 6.45) is 2.73. The Hall–Kier alpha value is -2.35. The monoisotopic (exact) mass is 249 g/mol. The Morgan fingerprint density at radius 2 is 1.79 bits per heavy atom. The summed E-state index contributed by atoms with van der Waals surface area (Å²) in [6, 6.07) is 20.4. The Balaban J connectivity index is 1.65. The number of aromatic nitrogens is 1. The molecule has 0 N–H and O–H groups in total. The van der Waals surface area contributed by atoms with Crippen molar-refractivity contribution in [2.75, 3.05) is 6.61 Å². The van der Waals surface area contributed by atoms with Crippen LogP contribution in [0.3, 0.4) is 0 Å². The molecule has 0 saturated heterocycles. The van der Waals surface area contributed by atoms with E-state index in [-0.39, 0.29) is 0 Å². The Kier molecular flexibility index (Phi) is 3.41. The van der Waals surface area contributed by atoms with E-state index in [1.165, 1.54) is 5.56 Å². The average Bonchev–Trinajstić information content (AvgIpc) is 2.48. The lowest BCUT2D eigenvalue weighted by molar-refractivity contribution is 0.322. The maximum absolute atomic E-state index is 5.79. The van der Waals surface area contributed by atoms with Crippen LogP contribution in [0.2, 0.25) is 0 Å². The largest absolute Gasteiger partial charge is 0.493 e. The molecule has 0 spiro atoms. The highest BCUT2D eigenvalue weighted by Crippen LogP contribution is 2.19. The van der Waals surface area contributed by atoms with Crippen molar-refractivity contribution in [3.63, 3.8) is 0 Å². The molecule has 2 nitrogen and oxygen atoms in total. The number of benzene rings is 2. The quantitative estimate of drug-likeness (QED) is 0.700. The molecule has 0 saturated carbocycles. The minimum Gasteiger partial charge on any atom is -0.493 e. The molecule has 2 heteroatoms. The maximum Gasteiger partial charge on any atom is 0.120 e. The van der Waals surface area contributed by atoms with Crippen molar-refractivity contribution in [1.82, 2.24) is 4.98 Å². The van der Waals surface area contributed by atoms with Crippen molar-refractivity contribution < 1.29 is 4.74 Å². The molecule has 0 aliphatic heterocycles. The van der Waals surface area contributed by atoms with Gasteiger partial charge in [-0.2, -0.15) is 0 Å². The first-order chi connectivity index (χ1) is 9.42. The van der Waals surface area contributed by atoms with Gasteiger partial charge in [0.1, 0.15) is 5.75 Å². The van der Waals surface area contributed by atoms with Gasteiger partial charge in [-0.1, -0.05) is 36.4 Å². The fourth-order valence-corrected chi connectivity index (χ4v) is 2.07. The van der Waals surface area contributed by atoms with E-state index < -0.39 is 0 Å². The van der Waals surface area contributed by atoms with E-state index >= 15 is 0 Å². The van der Waals surface area contributed by atoms with Crippen LogP contribution >= 0.6 is 0 Å². The zero-order valence-corrected chi connectivity index (χ0v) is 10.6. The van der Waals surface area contributed by atoms with Gasteiger partial charge in [0.05, 0.1) is 12.1 Å². The van der Waals surface area contributed by atoms with Crippen LogP contribution in [0.15, 0.2) is 66.9 Å². The second kappa shape index (κ2) is 5.53. The Morgan fingerprint density at radius 1 is 0.895 bits per heavy atom. The molecule has 2 aromatic carbocycles. The Morgan fingerprint density at radius 3 is 2.68 bits per heavy atom. The third-order valence-corrected chi connectivity index (χ3v) is 3.08. The van der Waals surface area contributed by atoms with Gasteiger partial charge in [-0.25, -0.2) is 0 Å². The summed E-state index contributed by atoms with van der Waals surface area (Å²) in [7, 11) is 0. The van der Waals surface area contributed by atoms with Crippen LogP contribution < -0.4 is 4.74 Å². The second-order valence-corrected chi connectivity index (χ2v) is 4.44. The van der Waals surface area contributed by atoms with Crippen molar-refractivity contribution in [3.05, 3.63) is 72.4 Å². The van der Waals surface area contributed by atoms with E-state index in [4.69, 9.17) is 4.74 Å². The SMILES string of the molecule is c1ccc(CCOc2ccc3ncccc3c2)cc1. The summed E-state index contributed by atoms with van der Waals surface area (Å²) in [6.45, 7) is 0.690. The lowest BCUT2D eigenvalue weighted by atomic mass is 10.2. The summed E-state index contributed by atoms with van der Waals surface area (Å²) in [4.78, 5) is 4.29. The van der Waals surface area contributed by atoms with Crippen LogP contribution in [-0.4, -0.2) is 11.6 Å². The lowest BCUT2D eigenvalue weighted by Gasteiger charge is -2.07. The van der Waals surface area contributed by atoms with Gasteiger partial charge in [0, 0.05) is 18.0 Å². The number of rotatable bonds is 4. The minimum atomic E-state index is 0.690. The van der Waals surface area contributed by atoms with Gasteiger partial charge in [-0.15, -0.1) is 0 Å². The van der Waals surface area contributed by atoms with E-state index in [0.29, 0.717) is 6.61 Å². The minimum absolute atomic E-state index is 0.690. The summed E-state index contributed by atoms with van der Waals surface area (Å²) in [5.41, 5.74) is 2.29. The summed E-state index contributed by atoms with van der Waals surface area (Å²) < 4.78 is 5.79. The summed E-state index contributed by atoms with van der Waals surface area (Å²) in [5.74, 6) is 0.899. The van der Waals surface area contributed by atoms with Crippen molar-refractivity contribution in [3.8, 4) is 5.75 Å². The number of pyridine rings is 1. The van der Waals surface area contributed by atoms with Gasteiger partial charge in [0.2, 0.25) is 0 Å². The summed E-state index contributed by atoms with van der Waals surface area (Å²) >= 11 is 0. The molecule has 94 valence electrons. The van der Waals surface area contributed by atoms with Crippen molar-refractivity contribution >= 4 is 10.9 Å². The molecule has 0 unspecified atom stereocenters. The second-order valence-electron chi connectivity index (χ2n) is 4.44. The van der Waals surface area contributed by atoms with Crippen LogP contribution in [0.5, 0.6) is 5.75 Å². The predicted molar refractivity (Wildman–Crippen MR) is 77.4 cm³/mol. The number of hydrogen-bond acceptors (Lipinski definition) is 2. The van der Waals surface area contributed by atoms with E-state index in [1.807, 2.05) is 36.4 Å². The third-order valence-electron chi connectivity index (χ3n) is 3.08. The highest BCUT2D eigenvalue weighted by molar-refractivity contribution is 5.79. The first-order valence-electron chi connectivity index (χ1n) is 6.43. The molecular formula is C17H15NO. The number of fused-ring (bicyclic) bond motifs is 1. The van der Waals surface area contributed by atoms with E-state index in [9.17, 15) is 0 Å². The molecule has 3 aromatic rings. The van der Waals surface area contributed by atoms with E-state index in [0.717, 1.165) is 23.1 Å². The molecule has 0 fully saturated rings. The van der Waals surface area contributed by atoms with Gasteiger partial charge in [0.15, 0.2) is 0 Å². The number of hydrogen-bond donors (Lipinski definition) is 0. The molecule has 1 heterocycles. The smallest absolute Gasteiger partial charge is 0.120 e. The topological polar surface area (TPSA) is 22.1 Å². The van der Waals surface area contributed by atoms with Crippen molar-refractivity contribution in [1.29, 1.82) is 0 Å². The van der Waals surface area contributed by atoms with Gasteiger partial charge in [0.25, 0.3) is 0 Å². The number of ether oxygens (including phenoxy) is 1. The van der Waals surface area contributed by atoms with Gasteiger partial charge < -0.3 is 4.74 Å². The zero-order valence-electron chi connectivity index (χ0n) is 10.6. The van der Waals surface area contributed by atoms with Crippen LogP contribution in [0.4, 0.5) is 0 Å². The van der Waals surface area contributed by atoms with Gasteiger partial charge >= 0.3 is 0 Å². The fraction of sp³-hybridized carbons (Fsp3) is 0.118. The first-order valence-corrected chi connectivity index (χ1v) is 6.43. The molecule has 19 heavy (non-hydrogen) atoms. The van der Waals surface area contributed by atoms with Gasteiger partial charge in [-0.3, -0.25) is 4.98 Å². The fourth-order valence-electron chi connectivity index (χ4n) is 2.07. The van der Waals surface area contributed by atoms with Crippen LogP contribution in [0, 0.1) is 0 Å². The van der Waals surface area contributed by atoms with Gasteiger partial charge in [-0.05, 0) is 29.8 Å². The molecule has 0 radical (unpaired) electrons. The van der Waals surface area contributed by atoms with E-state index in [1.54, 1.807) is 6.20 Å². The highest BCUT2D eigenvalue weighted by Gasteiger charge is 1.98. The van der Waals surface area contributed by atoms with Crippen LogP contribution in [0.1, 0.15) is 5.56 Å². The summed E-state index contributed by atoms with van der Waals surface area (Å²) in [5, 5.41) is 1.11. The molecular weight excluding hydrogens is 234 g/mol. The molecule has 0 aliphatic carbocycles. The molecule has 0 atom stereocenters. The first kappa shape index (κ1) is 11.7. The van der Waals surface area contributed by atoms with Crippen molar-refractivity contribution in [2.24, 2.45) is 0 Å². The normalized spacial score (nSPS) is 10.5. The Bertz CT molecular complexity index is 664.